The molecule has 0 aliphatic heterocycles. The molecule has 0 spiro atoms. The van der Waals surface area contributed by atoms with E-state index in [2.05, 4.69) is 36.2 Å². The molecule has 0 atom stereocenters. The standard InChI is InChI=1S/C12H18N2/c1-14(9-10-5-6-10)12-4-2-3-11(7-12)8-13/h2-4,7,10H,5-6,8-9,13H2,1H3. The first-order chi connectivity index (χ1) is 6.79. The lowest BCUT2D eigenvalue weighted by molar-refractivity contribution is 0.786. The van der Waals surface area contributed by atoms with Crippen LogP contribution in [0, 0.1) is 5.92 Å². The Morgan fingerprint density at radius 1 is 1.43 bits per heavy atom. The number of anilines is 1. The van der Waals surface area contributed by atoms with E-state index in [1.165, 1.54) is 30.6 Å². The highest BCUT2D eigenvalue weighted by Gasteiger charge is 2.22. The molecule has 1 aromatic carbocycles. The molecule has 0 heterocycles. The summed E-state index contributed by atoms with van der Waals surface area (Å²) in [4.78, 5) is 2.33. The van der Waals surface area contributed by atoms with Crippen LogP contribution in [-0.2, 0) is 6.54 Å². The lowest BCUT2D eigenvalue weighted by Crippen LogP contribution is -2.20. The summed E-state index contributed by atoms with van der Waals surface area (Å²) in [5, 5.41) is 0. The maximum absolute atomic E-state index is 5.61. The number of hydrogen-bond acceptors (Lipinski definition) is 2. The zero-order valence-electron chi connectivity index (χ0n) is 8.74. The molecule has 2 nitrogen and oxygen atoms in total. The molecule has 0 radical (unpaired) electrons. The third kappa shape index (κ3) is 2.26. The van der Waals surface area contributed by atoms with Crippen LogP contribution in [-0.4, -0.2) is 13.6 Å². The lowest BCUT2D eigenvalue weighted by Gasteiger charge is -2.19. The van der Waals surface area contributed by atoms with E-state index >= 15 is 0 Å². The molecule has 1 fully saturated rings. The van der Waals surface area contributed by atoms with Crippen LogP contribution in [0.15, 0.2) is 24.3 Å². The fraction of sp³-hybridized carbons (Fsp3) is 0.500. The van der Waals surface area contributed by atoms with Crippen molar-refractivity contribution in [3.8, 4) is 0 Å². The molecule has 2 heteroatoms. The summed E-state index contributed by atoms with van der Waals surface area (Å²) >= 11 is 0. The predicted octanol–water partition coefficient (Wildman–Crippen LogP) is 1.99. The minimum atomic E-state index is 0.630. The van der Waals surface area contributed by atoms with Gasteiger partial charge in [-0.1, -0.05) is 12.1 Å². The fourth-order valence-corrected chi connectivity index (χ4v) is 1.71. The van der Waals surface area contributed by atoms with E-state index in [0.29, 0.717) is 6.54 Å². The Morgan fingerprint density at radius 3 is 2.86 bits per heavy atom. The van der Waals surface area contributed by atoms with Crippen molar-refractivity contribution in [2.75, 3.05) is 18.5 Å². The Morgan fingerprint density at radius 2 is 2.21 bits per heavy atom. The first-order valence-corrected chi connectivity index (χ1v) is 5.29. The molecule has 0 bridgehead atoms. The highest BCUT2D eigenvalue weighted by molar-refractivity contribution is 5.48. The zero-order valence-corrected chi connectivity index (χ0v) is 8.74. The van der Waals surface area contributed by atoms with Crippen LogP contribution in [0.5, 0.6) is 0 Å². The van der Waals surface area contributed by atoms with E-state index in [-0.39, 0.29) is 0 Å². The maximum Gasteiger partial charge on any atom is 0.0366 e. The number of rotatable bonds is 4. The van der Waals surface area contributed by atoms with Gasteiger partial charge in [-0.05, 0) is 36.5 Å². The molecule has 2 N–H and O–H groups in total. The van der Waals surface area contributed by atoms with Crippen molar-refractivity contribution in [2.24, 2.45) is 11.7 Å². The first kappa shape index (κ1) is 9.53. The smallest absolute Gasteiger partial charge is 0.0366 e. The summed E-state index contributed by atoms with van der Waals surface area (Å²) < 4.78 is 0. The number of hydrogen-bond donors (Lipinski definition) is 1. The lowest BCUT2D eigenvalue weighted by atomic mass is 10.2. The van der Waals surface area contributed by atoms with E-state index in [1.54, 1.807) is 0 Å². The predicted molar refractivity (Wildman–Crippen MR) is 60.3 cm³/mol. The number of nitrogens with zero attached hydrogens (tertiary/aromatic N) is 1. The molecule has 76 valence electrons. The van der Waals surface area contributed by atoms with Crippen LogP contribution < -0.4 is 10.6 Å². The van der Waals surface area contributed by atoms with Gasteiger partial charge in [0.2, 0.25) is 0 Å². The van der Waals surface area contributed by atoms with Gasteiger partial charge in [-0.15, -0.1) is 0 Å². The van der Waals surface area contributed by atoms with Gasteiger partial charge >= 0.3 is 0 Å². The summed E-state index contributed by atoms with van der Waals surface area (Å²) in [6.07, 6.45) is 2.81. The molecular formula is C12H18N2. The van der Waals surface area contributed by atoms with Crippen LogP contribution in [0.2, 0.25) is 0 Å². The van der Waals surface area contributed by atoms with E-state index in [0.717, 1.165) is 5.92 Å². The summed E-state index contributed by atoms with van der Waals surface area (Å²) in [5.41, 5.74) is 8.12. The monoisotopic (exact) mass is 190 g/mol. The van der Waals surface area contributed by atoms with E-state index < -0.39 is 0 Å². The van der Waals surface area contributed by atoms with E-state index in [1.807, 2.05) is 0 Å². The molecule has 1 saturated carbocycles. The van der Waals surface area contributed by atoms with Crippen LogP contribution in [0.1, 0.15) is 18.4 Å². The van der Waals surface area contributed by atoms with Crippen molar-refractivity contribution in [3.63, 3.8) is 0 Å². The Bertz CT molecular complexity index is 305. The molecule has 1 aromatic rings. The van der Waals surface area contributed by atoms with Gasteiger partial charge in [0, 0.05) is 25.8 Å². The summed E-state index contributed by atoms with van der Waals surface area (Å²) in [7, 11) is 2.16. The maximum atomic E-state index is 5.61. The highest BCUT2D eigenvalue weighted by atomic mass is 15.1. The second kappa shape index (κ2) is 4.01. The van der Waals surface area contributed by atoms with Crippen molar-refractivity contribution < 1.29 is 0 Å². The van der Waals surface area contributed by atoms with Crippen LogP contribution in [0.3, 0.4) is 0 Å². The molecule has 14 heavy (non-hydrogen) atoms. The normalized spacial score (nSPS) is 15.6. The summed E-state index contributed by atoms with van der Waals surface area (Å²) in [6.45, 7) is 1.82. The Balaban J connectivity index is 2.05. The SMILES string of the molecule is CN(CC1CC1)c1cccc(CN)c1. The van der Waals surface area contributed by atoms with Crippen molar-refractivity contribution in [1.82, 2.24) is 0 Å². The summed E-state index contributed by atoms with van der Waals surface area (Å²) in [6, 6.07) is 8.50. The fourth-order valence-electron chi connectivity index (χ4n) is 1.71. The van der Waals surface area contributed by atoms with Crippen molar-refractivity contribution in [3.05, 3.63) is 29.8 Å². The van der Waals surface area contributed by atoms with Gasteiger partial charge in [-0.3, -0.25) is 0 Å². The van der Waals surface area contributed by atoms with Gasteiger partial charge in [0.15, 0.2) is 0 Å². The molecule has 0 saturated heterocycles. The Kier molecular flexibility index (Phi) is 2.73. The second-order valence-electron chi connectivity index (χ2n) is 4.20. The van der Waals surface area contributed by atoms with Crippen molar-refractivity contribution >= 4 is 5.69 Å². The van der Waals surface area contributed by atoms with E-state index in [9.17, 15) is 0 Å². The third-order valence-electron chi connectivity index (χ3n) is 2.82. The molecule has 2 rings (SSSR count). The van der Waals surface area contributed by atoms with E-state index in [4.69, 9.17) is 5.73 Å². The van der Waals surface area contributed by atoms with Crippen molar-refractivity contribution in [2.45, 2.75) is 19.4 Å². The van der Waals surface area contributed by atoms with Crippen molar-refractivity contribution in [1.29, 1.82) is 0 Å². The Labute approximate surface area is 85.7 Å². The Hall–Kier alpha value is -1.02. The molecule has 1 aliphatic carbocycles. The largest absolute Gasteiger partial charge is 0.374 e. The molecule has 0 aromatic heterocycles. The van der Waals surface area contributed by atoms with Crippen LogP contribution >= 0.6 is 0 Å². The van der Waals surface area contributed by atoms with Crippen LogP contribution in [0.4, 0.5) is 5.69 Å². The molecule has 0 amide bonds. The topological polar surface area (TPSA) is 29.3 Å². The minimum absolute atomic E-state index is 0.630. The van der Waals surface area contributed by atoms with Gasteiger partial charge in [-0.2, -0.15) is 0 Å². The highest BCUT2D eigenvalue weighted by Crippen LogP contribution is 2.30. The quantitative estimate of drug-likeness (QED) is 0.786. The second-order valence-corrected chi connectivity index (χ2v) is 4.20. The average Bonchev–Trinajstić information content (AvgIpc) is 3.02. The third-order valence-corrected chi connectivity index (χ3v) is 2.82. The van der Waals surface area contributed by atoms with Gasteiger partial charge in [-0.25, -0.2) is 0 Å². The molecular weight excluding hydrogens is 172 g/mol. The number of benzene rings is 1. The average molecular weight is 190 g/mol. The van der Waals surface area contributed by atoms with Gasteiger partial charge in [0.1, 0.15) is 0 Å². The van der Waals surface area contributed by atoms with Gasteiger partial charge < -0.3 is 10.6 Å². The minimum Gasteiger partial charge on any atom is -0.374 e. The first-order valence-electron chi connectivity index (χ1n) is 5.29. The van der Waals surface area contributed by atoms with Crippen LogP contribution in [0.25, 0.3) is 0 Å². The van der Waals surface area contributed by atoms with Gasteiger partial charge in [0.05, 0.1) is 0 Å². The number of nitrogens with two attached hydrogens (primary N) is 1. The molecule has 1 aliphatic rings. The van der Waals surface area contributed by atoms with Gasteiger partial charge in [0.25, 0.3) is 0 Å². The zero-order chi connectivity index (χ0) is 9.97. The summed E-state index contributed by atoms with van der Waals surface area (Å²) in [5.74, 6) is 0.932. The molecule has 0 unspecified atom stereocenters.